The normalized spacial score (nSPS) is 14.0. The Bertz CT molecular complexity index is 382. The quantitative estimate of drug-likeness (QED) is 0.232. The van der Waals surface area contributed by atoms with Crippen molar-refractivity contribution in [2.45, 2.75) is 52.9 Å². The van der Waals surface area contributed by atoms with Gasteiger partial charge in [0.05, 0.1) is 6.61 Å². The van der Waals surface area contributed by atoms with Crippen LogP contribution in [0.15, 0.2) is 12.7 Å². The summed E-state index contributed by atoms with van der Waals surface area (Å²) in [5.74, 6) is -3.57. The number of hydrogen-bond donors (Lipinski definition) is 0. The van der Waals surface area contributed by atoms with E-state index in [0.717, 1.165) is 12.5 Å². The largest absolute Gasteiger partial charge is 0.504 e. The third-order valence-corrected chi connectivity index (χ3v) is 6.01. The minimum Gasteiger partial charge on any atom is -0.461 e. The molecular weight excluding hydrogens is 320 g/mol. The van der Waals surface area contributed by atoms with E-state index in [1.54, 1.807) is 20.8 Å². The average Bonchev–Trinajstić information content (AvgIpc) is 2.48. The maximum absolute atomic E-state index is 12.3. The van der Waals surface area contributed by atoms with Crippen LogP contribution in [0, 0.1) is 0 Å². The van der Waals surface area contributed by atoms with E-state index in [9.17, 15) is 9.59 Å². The van der Waals surface area contributed by atoms with Gasteiger partial charge in [-0.3, -0.25) is 0 Å². The van der Waals surface area contributed by atoms with Crippen molar-refractivity contribution in [3.05, 3.63) is 12.7 Å². The zero-order valence-corrected chi connectivity index (χ0v) is 15.7. The average molecular weight is 348 g/mol. The van der Waals surface area contributed by atoms with E-state index in [1.807, 2.05) is 6.92 Å². The van der Waals surface area contributed by atoms with Crippen LogP contribution in [0.3, 0.4) is 0 Å². The van der Waals surface area contributed by atoms with Crippen LogP contribution < -0.4 is 0 Å². The van der Waals surface area contributed by atoms with Gasteiger partial charge in [0.2, 0.25) is 0 Å². The lowest BCUT2D eigenvalue weighted by Gasteiger charge is -2.36. The molecule has 0 aliphatic carbocycles. The summed E-state index contributed by atoms with van der Waals surface area (Å²) in [6.45, 7) is 12.7. The van der Waals surface area contributed by atoms with Gasteiger partial charge in [0.15, 0.2) is 0 Å². The fourth-order valence-corrected chi connectivity index (χ4v) is 4.74. The maximum Gasteiger partial charge on any atom is 0.504 e. The first-order chi connectivity index (χ1) is 10.8. The molecule has 0 saturated carbocycles. The Labute approximate surface area is 139 Å². The predicted octanol–water partition coefficient (Wildman–Crippen LogP) is 2.43. The Balaban J connectivity index is 5.59. The fraction of sp³-hybridized carbons (Fsp3) is 0.733. The Hall–Kier alpha value is -1.22. The maximum atomic E-state index is 12.3. The molecule has 1 atom stereocenters. The lowest BCUT2D eigenvalue weighted by atomic mass is 10.3. The van der Waals surface area contributed by atoms with Gasteiger partial charge in [-0.05, 0) is 20.8 Å². The van der Waals surface area contributed by atoms with Gasteiger partial charge in [-0.25, -0.2) is 9.59 Å². The fourth-order valence-electron chi connectivity index (χ4n) is 1.94. The summed E-state index contributed by atoms with van der Waals surface area (Å²) in [5, 5.41) is 0. The molecule has 0 aromatic heterocycles. The summed E-state index contributed by atoms with van der Waals surface area (Å²) in [6.07, 6.45) is 1.67. The van der Waals surface area contributed by atoms with Gasteiger partial charge in [0.25, 0.3) is 0 Å². The molecule has 0 radical (unpaired) electrons. The van der Waals surface area contributed by atoms with Crippen molar-refractivity contribution in [2.24, 2.45) is 0 Å². The van der Waals surface area contributed by atoms with Gasteiger partial charge in [-0.2, -0.15) is 0 Å². The van der Waals surface area contributed by atoms with E-state index in [-0.39, 0.29) is 6.61 Å². The highest BCUT2D eigenvalue weighted by molar-refractivity contribution is 6.61. The second-order valence-electron chi connectivity index (χ2n) is 4.69. The predicted molar refractivity (Wildman–Crippen MR) is 86.5 cm³/mol. The van der Waals surface area contributed by atoms with Gasteiger partial charge in [0, 0.05) is 32.3 Å². The molecule has 0 saturated heterocycles. The Morgan fingerprint density at radius 3 is 2.04 bits per heavy atom. The SMILES string of the molecule is C=CC(=O)OC(C)(O[Si](CCC)(OCC)OCC)C(=O)OCC. The van der Waals surface area contributed by atoms with Gasteiger partial charge >= 0.3 is 26.5 Å². The molecule has 7 nitrogen and oxygen atoms in total. The molecular formula is C15H28O7Si. The van der Waals surface area contributed by atoms with Crippen LogP contribution in [0.25, 0.3) is 0 Å². The number of ether oxygens (including phenoxy) is 2. The summed E-state index contributed by atoms with van der Waals surface area (Å²) in [4.78, 5) is 23.9. The highest BCUT2D eigenvalue weighted by Crippen LogP contribution is 2.27. The zero-order valence-electron chi connectivity index (χ0n) is 14.7. The standard InChI is InChI=1S/C15H28O7Si/c1-7-12-23(19-10-4,20-11-5)22-15(6,14(17)18-9-3)21-13(16)8-2/h8H,2,7,9-12H2,1,3-6H3. The lowest BCUT2D eigenvalue weighted by molar-refractivity contribution is -0.221. The molecule has 0 heterocycles. The molecule has 134 valence electrons. The summed E-state index contributed by atoms with van der Waals surface area (Å²) in [6, 6.07) is 0.481. The van der Waals surface area contributed by atoms with Crippen LogP contribution in [0.5, 0.6) is 0 Å². The number of rotatable bonds is 12. The lowest BCUT2D eigenvalue weighted by Crippen LogP contribution is -2.57. The van der Waals surface area contributed by atoms with Gasteiger partial charge in [-0.1, -0.05) is 19.9 Å². The third kappa shape index (κ3) is 6.82. The summed E-state index contributed by atoms with van der Waals surface area (Å²) >= 11 is 0. The number of esters is 2. The van der Waals surface area contributed by atoms with Crippen LogP contribution in [0.1, 0.15) is 41.0 Å². The van der Waals surface area contributed by atoms with Gasteiger partial charge in [0.1, 0.15) is 0 Å². The number of carbonyl (C=O) groups is 2. The van der Waals surface area contributed by atoms with Crippen LogP contribution in [0.4, 0.5) is 0 Å². The van der Waals surface area contributed by atoms with Gasteiger partial charge in [-0.15, -0.1) is 0 Å². The third-order valence-electron chi connectivity index (χ3n) is 2.74. The van der Waals surface area contributed by atoms with E-state index in [4.69, 9.17) is 22.8 Å². The van der Waals surface area contributed by atoms with E-state index in [1.165, 1.54) is 6.92 Å². The van der Waals surface area contributed by atoms with Crippen LogP contribution in [-0.4, -0.2) is 46.4 Å². The second-order valence-corrected chi connectivity index (χ2v) is 7.34. The molecule has 8 heteroatoms. The molecule has 0 aromatic carbocycles. The molecule has 0 aliphatic heterocycles. The first-order valence-corrected chi connectivity index (χ1v) is 9.76. The summed E-state index contributed by atoms with van der Waals surface area (Å²) in [5.41, 5.74) is 0. The van der Waals surface area contributed by atoms with Crippen molar-refractivity contribution in [3.8, 4) is 0 Å². The van der Waals surface area contributed by atoms with E-state index >= 15 is 0 Å². The molecule has 23 heavy (non-hydrogen) atoms. The molecule has 0 bridgehead atoms. The van der Waals surface area contributed by atoms with Crippen molar-refractivity contribution in [3.63, 3.8) is 0 Å². The topological polar surface area (TPSA) is 80.3 Å². The molecule has 0 fully saturated rings. The first-order valence-electron chi connectivity index (χ1n) is 7.83. The van der Waals surface area contributed by atoms with Crippen molar-refractivity contribution >= 4 is 20.7 Å². The van der Waals surface area contributed by atoms with Crippen molar-refractivity contribution in [1.29, 1.82) is 0 Å². The molecule has 0 N–H and O–H groups in total. The Morgan fingerprint density at radius 2 is 1.65 bits per heavy atom. The summed E-state index contributed by atoms with van der Waals surface area (Å²) in [7, 11) is -3.21. The smallest absolute Gasteiger partial charge is 0.461 e. The van der Waals surface area contributed by atoms with E-state index in [2.05, 4.69) is 6.58 Å². The number of hydrogen-bond acceptors (Lipinski definition) is 7. The minimum absolute atomic E-state index is 0.120. The number of carbonyl (C=O) groups excluding carboxylic acids is 2. The van der Waals surface area contributed by atoms with Crippen molar-refractivity contribution in [1.82, 2.24) is 0 Å². The van der Waals surface area contributed by atoms with Crippen LogP contribution >= 0.6 is 0 Å². The molecule has 0 spiro atoms. The highest BCUT2D eigenvalue weighted by atomic mass is 28.4. The van der Waals surface area contributed by atoms with E-state index in [0.29, 0.717) is 19.3 Å². The van der Waals surface area contributed by atoms with Crippen molar-refractivity contribution < 1.29 is 32.3 Å². The molecule has 0 amide bonds. The molecule has 0 aliphatic rings. The summed E-state index contributed by atoms with van der Waals surface area (Å²) < 4.78 is 27.4. The van der Waals surface area contributed by atoms with Crippen LogP contribution in [0.2, 0.25) is 6.04 Å². The minimum atomic E-state index is -3.21. The zero-order chi connectivity index (χ0) is 17.9. The monoisotopic (exact) mass is 348 g/mol. The highest BCUT2D eigenvalue weighted by Gasteiger charge is 2.52. The Morgan fingerprint density at radius 1 is 1.09 bits per heavy atom. The first kappa shape index (κ1) is 21.8. The molecule has 1 unspecified atom stereocenters. The second kappa shape index (κ2) is 10.5. The van der Waals surface area contributed by atoms with E-state index < -0.39 is 26.5 Å². The van der Waals surface area contributed by atoms with Crippen LogP contribution in [-0.2, 0) is 32.3 Å². The van der Waals surface area contributed by atoms with Gasteiger partial charge < -0.3 is 22.8 Å². The van der Waals surface area contributed by atoms with Crippen molar-refractivity contribution in [2.75, 3.05) is 19.8 Å². The Kier molecular flexibility index (Phi) is 9.97. The molecule has 0 rings (SSSR count). The molecule has 0 aromatic rings.